The molecule has 3 N–H and O–H groups in total. The molecular weight excluding hydrogens is 587 g/mol. The van der Waals surface area contributed by atoms with Gasteiger partial charge in [-0.3, -0.25) is 19.7 Å². The lowest BCUT2D eigenvalue weighted by Gasteiger charge is -2.41. The van der Waals surface area contributed by atoms with E-state index in [0.29, 0.717) is 39.4 Å². The maximum Gasteiger partial charge on any atom is 0.322 e. The van der Waals surface area contributed by atoms with Gasteiger partial charge in [-0.15, -0.1) is 0 Å². The zero-order chi connectivity index (χ0) is 30.9. The molecule has 0 unspecified atom stereocenters. The number of halogens is 2. The monoisotopic (exact) mass is 620 g/mol. The normalized spacial score (nSPS) is 18.1. The minimum Gasteiger partial charge on any atom is -0.322 e. The second kappa shape index (κ2) is 12.4. The number of carbonyl (C=O) groups is 4. The van der Waals surface area contributed by atoms with E-state index in [1.165, 1.54) is 12.1 Å². The molecule has 1 aliphatic heterocycles. The predicted molar refractivity (Wildman–Crippen MR) is 169 cm³/mol. The van der Waals surface area contributed by atoms with Gasteiger partial charge in [-0.05, 0) is 91.1 Å². The van der Waals surface area contributed by atoms with Gasteiger partial charge in [0.25, 0.3) is 17.7 Å². The largest absolute Gasteiger partial charge is 0.322 e. The van der Waals surface area contributed by atoms with Crippen molar-refractivity contribution in [3.63, 3.8) is 0 Å². The molecule has 0 saturated heterocycles. The molecule has 0 radical (unpaired) electrons. The van der Waals surface area contributed by atoms with Crippen LogP contribution in [0.1, 0.15) is 83.1 Å². The van der Waals surface area contributed by atoms with Crippen LogP contribution in [0.5, 0.6) is 0 Å². The standard InChI is InChI=1S/C33H34Cl2N4O4/c1-33(2,3)21-8-11-26(12-9-21)39(32(43)37-25-15-22(34)14-23(35)16-25)18-19-4-6-20(7-5-19)29(40)36-24-10-13-27-28(17-24)31(42)38-30(27)41/h4-7,10,13-17,21,26H,8-9,11-12,18H2,1-3H3,(H,36,40)(H,37,43)(H,38,41,42). The molecule has 1 fully saturated rings. The van der Waals surface area contributed by atoms with Gasteiger partial charge >= 0.3 is 6.03 Å². The van der Waals surface area contributed by atoms with Gasteiger partial charge in [-0.1, -0.05) is 56.1 Å². The lowest BCUT2D eigenvalue weighted by molar-refractivity contribution is 0.0878. The maximum absolute atomic E-state index is 13.6. The summed E-state index contributed by atoms with van der Waals surface area (Å²) < 4.78 is 0. The summed E-state index contributed by atoms with van der Waals surface area (Å²) >= 11 is 12.3. The van der Waals surface area contributed by atoms with Gasteiger partial charge in [-0.25, -0.2) is 4.79 Å². The van der Waals surface area contributed by atoms with E-state index in [1.54, 1.807) is 36.4 Å². The van der Waals surface area contributed by atoms with Crippen molar-refractivity contribution in [2.24, 2.45) is 11.3 Å². The third-order valence-corrected chi connectivity index (χ3v) is 8.74. The van der Waals surface area contributed by atoms with Gasteiger partial charge < -0.3 is 15.5 Å². The van der Waals surface area contributed by atoms with E-state index in [9.17, 15) is 19.2 Å². The van der Waals surface area contributed by atoms with Gasteiger partial charge in [0.05, 0.1) is 11.1 Å². The molecule has 5 rings (SSSR count). The fourth-order valence-corrected chi connectivity index (χ4v) is 6.37. The smallest absolute Gasteiger partial charge is 0.322 e. The van der Waals surface area contributed by atoms with Gasteiger partial charge in [0.2, 0.25) is 0 Å². The Bertz CT molecular complexity index is 1550. The van der Waals surface area contributed by atoms with Crippen LogP contribution in [0.15, 0.2) is 60.7 Å². The van der Waals surface area contributed by atoms with Crippen LogP contribution < -0.4 is 16.0 Å². The van der Waals surface area contributed by atoms with Crippen LogP contribution in [0.25, 0.3) is 0 Å². The highest BCUT2D eigenvalue weighted by Gasteiger charge is 2.34. The first-order valence-corrected chi connectivity index (χ1v) is 15.1. The number of amides is 5. The van der Waals surface area contributed by atoms with Crippen LogP contribution in [-0.4, -0.2) is 34.7 Å². The summed E-state index contributed by atoms with van der Waals surface area (Å²) in [5, 5.41) is 8.86. The molecule has 5 amide bonds. The Labute approximate surface area is 261 Å². The third kappa shape index (κ3) is 7.20. The molecule has 0 aromatic heterocycles. The van der Waals surface area contributed by atoms with Crippen molar-refractivity contribution in [1.29, 1.82) is 0 Å². The quantitative estimate of drug-likeness (QED) is 0.245. The third-order valence-electron chi connectivity index (χ3n) is 8.30. The second-order valence-corrected chi connectivity index (χ2v) is 13.2. The average Bonchev–Trinajstić information content (AvgIpc) is 3.23. The first-order valence-electron chi connectivity index (χ1n) is 14.3. The number of urea groups is 1. The molecule has 8 nitrogen and oxygen atoms in total. The summed E-state index contributed by atoms with van der Waals surface area (Å²) in [7, 11) is 0. The Kier molecular flexibility index (Phi) is 8.81. The van der Waals surface area contributed by atoms with Crippen molar-refractivity contribution in [2.75, 3.05) is 10.6 Å². The van der Waals surface area contributed by atoms with Gasteiger partial charge in [0, 0.05) is 39.6 Å². The molecule has 2 aliphatic rings. The van der Waals surface area contributed by atoms with Crippen molar-refractivity contribution in [1.82, 2.24) is 10.2 Å². The zero-order valence-corrected chi connectivity index (χ0v) is 25.8. The highest BCUT2D eigenvalue weighted by atomic mass is 35.5. The molecule has 3 aromatic rings. The molecule has 3 aromatic carbocycles. The van der Waals surface area contributed by atoms with E-state index in [-0.39, 0.29) is 34.5 Å². The summed E-state index contributed by atoms with van der Waals surface area (Å²) in [5.74, 6) is -0.697. The highest BCUT2D eigenvalue weighted by molar-refractivity contribution is 6.35. The molecule has 43 heavy (non-hydrogen) atoms. The minimum absolute atomic E-state index is 0.0557. The Morgan fingerprint density at radius 3 is 2.07 bits per heavy atom. The van der Waals surface area contributed by atoms with Crippen molar-refractivity contribution in [2.45, 2.75) is 59.0 Å². The number of imide groups is 1. The number of nitrogens with zero attached hydrogens (tertiary/aromatic N) is 1. The molecule has 0 bridgehead atoms. The Balaban J connectivity index is 1.30. The SMILES string of the molecule is CC(C)(C)C1CCC(N(Cc2ccc(C(=O)Nc3ccc4c(c3)C(=O)NC4=O)cc2)C(=O)Nc2cc(Cl)cc(Cl)c2)CC1. The van der Waals surface area contributed by atoms with Crippen LogP contribution in [-0.2, 0) is 6.54 Å². The summed E-state index contributed by atoms with van der Waals surface area (Å²) in [6.45, 7) is 7.17. The Morgan fingerprint density at radius 1 is 0.814 bits per heavy atom. The number of anilines is 2. The molecule has 1 aliphatic carbocycles. The molecule has 10 heteroatoms. The van der Waals surface area contributed by atoms with Crippen LogP contribution in [0, 0.1) is 11.3 Å². The van der Waals surface area contributed by atoms with Gasteiger partial charge in [0.1, 0.15) is 0 Å². The van der Waals surface area contributed by atoms with Crippen molar-refractivity contribution in [3.8, 4) is 0 Å². The van der Waals surface area contributed by atoms with E-state index >= 15 is 0 Å². The number of hydrogen-bond donors (Lipinski definition) is 3. The molecule has 1 heterocycles. The van der Waals surface area contributed by atoms with Crippen LogP contribution in [0.4, 0.5) is 16.2 Å². The van der Waals surface area contributed by atoms with E-state index < -0.39 is 11.8 Å². The van der Waals surface area contributed by atoms with E-state index in [4.69, 9.17) is 23.2 Å². The summed E-state index contributed by atoms with van der Waals surface area (Å²) in [6, 6.07) is 16.4. The van der Waals surface area contributed by atoms with Gasteiger partial charge in [0.15, 0.2) is 0 Å². The summed E-state index contributed by atoms with van der Waals surface area (Å²) in [5.41, 5.74) is 2.96. The number of rotatable bonds is 6. The topological polar surface area (TPSA) is 108 Å². The van der Waals surface area contributed by atoms with Crippen LogP contribution in [0.2, 0.25) is 10.0 Å². The molecule has 1 saturated carbocycles. The molecule has 0 spiro atoms. The molecule has 224 valence electrons. The number of hydrogen-bond acceptors (Lipinski definition) is 4. The fourth-order valence-electron chi connectivity index (χ4n) is 5.85. The zero-order valence-electron chi connectivity index (χ0n) is 24.3. The van der Waals surface area contributed by atoms with Crippen molar-refractivity contribution >= 4 is 58.3 Å². The number of fused-ring (bicyclic) bond motifs is 1. The Hall–Kier alpha value is -3.88. The van der Waals surface area contributed by atoms with E-state index in [1.807, 2.05) is 17.0 Å². The molecule has 0 atom stereocenters. The maximum atomic E-state index is 13.6. The van der Waals surface area contributed by atoms with Crippen LogP contribution >= 0.6 is 23.2 Å². The number of nitrogens with one attached hydrogen (secondary N) is 3. The first-order chi connectivity index (χ1) is 20.4. The number of carbonyl (C=O) groups excluding carboxylic acids is 4. The number of benzene rings is 3. The molecular formula is C33H34Cl2N4O4. The van der Waals surface area contributed by atoms with Crippen molar-refractivity contribution in [3.05, 3.63) is 93.0 Å². The summed E-state index contributed by atoms with van der Waals surface area (Å²) in [4.78, 5) is 52.2. The van der Waals surface area contributed by atoms with Crippen molar-refractivity contribution < 1.29 is 19.2 Å². The lowest BCUT2D eigenvalue weighted by Crippen LogP contribution is -2.45. The van der Waals surface area contributed by atoms with E-state index in [0.717, 1.165) is 31.2 Å². The van der Waals surface area contributed by atoms with Gasteiger partial charge in [-0.2, -0.15) is 0 Å². The highest BCUT2D eigenvalue weighted by Crippen LogP contribution is 2.39. The van der Waals surface area contributed by atoms with E-state index in [2.05, 4.69) is 36.7 Å². The minimum atomic E-state index is -0.487. The predicted octanol–water partition coefficient (Wildman–Crippen LogP) is 7.77. The Morgan fingerprint density at radius 2 is 1.44 bits per heavy atom. The summed E-state index contributed by atoms with van der Waals surface area (Å²) in [6.07, 6.45) is 3.88. The second-order valence-electron chi connectivity index (χ2n) is 12.3. The average molecular weight is 622 g/mol. The fraction of sp³-hybridized carbons (Fsp3) is 0.333. The van der Waals surface area contributed by atoms with Crippen LogP contribution in [0.3, 0.4) is 0 Å². The first kappa shape index (κ1) is 30.6. The lowest BCUT2D eigenvalue weighted by atomic mass is 9.71.